The number of carbonyl (C=O) groups is 2. The smallest absolute Gasteiger partial charge is 0.404 e. The van der Waals surface area contributed by atoms with Crippen LogP contribution in [0.5, 0.6) is 0 Å². The Morgan fingerprint density at radius 1 is 1.31 bits per heavy atom. The molecule has 0 heterocycles. The Morgan fingerprint density at radius 3 is 1.81 bits per heavy atom. The van der Waals surface area contributed by atoms with Crippen molar-refractivity contribution in [2.45, 2.75) is 46.3 Å². The van der Waals surface area contributed by atoms with E-state index >= 15 is 0 Å². The van der Waals surface area contributed by atoms with Crippen LogP contribution in [-0.2, 0) is 9.47 Å². The van der Waals surface area contributed by atoms with Gasteiger partial charge in [-0.05, 0) is 52.6 Å². The second-order valence-corrected chi connectivity index (χ2v) is 5.12. The molecule has 0 aliphatic heterocycles. The first kappa shape index (κ1) is 18.0. The van der Waals surface area contributed by atoms with E-state index in [0.717, 1.165) is 11.8 Å². The Morgan fingerprint density at radius 2 is 1.75 bits per heavy atom. The van der Waals surface area contributed by atoms with Gasteiger partial charge in [-0.15, -0.1) is 0 Å². The van der Waals surface area contributed by atoms with Crippen LogP contribution in [-0.4, -0.2) is 28.7 Å². The first-order valence-corrected chi connectivity index (χ1v) is 6.32. The molecule has 6 heteroatoms. The normalized spacial score (nSPS) is 10.2. The van der Waals surface area contributed by atoms with Crippen LogP contribution < -0.4 is 0 Å². The summed E-state index contributed by atoms with van der Waals surface area (Å²) in [5, 5.41) is -0.220. The van der Waals surface area contributed by atoms with Gasteiger partial charge in [0.2, 0.25) is 0 Å². The van der Waals surface area contributed by atoms with E-state index in [9.17, 15) is 9.59 Å². The number of carbonyl (C=O) groups excluding carboxylic acids is 2. The van der Waals surface area contributed by atoms with Crippen LogP contribution in [0.1, 0.15) is 36.0 Å². The standard InChI is InChI=1S/C6H12O2S.C4H7ClO2.H2/c1-6(2,3)8-5(7)9-4;1-3(2)7-4(5)6;/h1-4H3;3H,1-2H3;1H. The zero-order valence-corrected chi connectivity index (χ0v) is 12.1. The van der Waals surface area contributed by atoms with Gasteiger partial charge in [-0.2, -0.15) is 0 Å². The van der Waals surface area contributed by atoms with Gasteiger partial charge in [0.25, 0.3) is 0 Å². The Labute approximate surface area is 107 Å². The summed E-state index contributed by atoms with van der Waals surface area (Å²) >= 11 is 5.90. The van der Waals surface area contributed by atoms with Crippen LogP contribution in [0, 0.1) is 0 Å². The van der Waals surface area contributed by atoms with E-state index in [1.54, 1.807) is 20.1 Å². The molecule has 0 radical (unpaired) electrons. The molecule has 0 unspecified atom stereocenters. The number of hydrogen-bond acceptors (Lipinski definition) is 5. The molecule has 4 nitrogen and oxygen atoms in total. The topological polar surface area (TPSA) is 52.6 Å². The minimum Gasteiger partial charge on any atom is -0.452 e. The first-order valence-electron chi connectivity index (χ1n) is 4.71. The summed E-state index contributed by atoms with van der Waals surface area (Å²) in [6.45, 7) is 9.02. The molecule has 0 bridgehead atoms. The maximum absolute atomic E-state index is 10.6. The summed E-state index contributed by atoms with van der Waals surface area (Å²) in [4.78, 5) is 20.4. The monoisotopic (exact) mass is 272 g/mol. The molecule has 0 aliphatic rings. The SMILES string of the molecule is CC(C)OC(=O)Cl.CSC(=O)OC(C)(C)C.[HH]. The molecule has 0 atom stereocenters. The van der Waals surface area contributed by atoms with E-state index < -0.39 is 5.43 Å². The van der Waals surface area contributed by atoms with Crippen LogP contribution in [0.25, 0.3) is 0 Å². The maximum Gasteiger partial charge on any atom is 0.404 e. The van der Waals surface area contributed by atoms with E-state index in [0.29, 0.717) is 0 Å². The highest BCUT2D eigenvalue weighted by atomic mass is 35.5. The lowest BCUT2D eigenvalue weighted by Crippen LogP contribution is -2.21. The Bertz CT molecular complexity index is 229. The maximum atomic E-state index is 10.6. The summed E-state index contributed by atoms with van der Waals surface area (Å²) in [5.74, 6) is 0. The molecule has 0 spiro atoms. The zero-order chi connectivity index (χ0) is 13.4. The molecule has 0 amide bonds. The van der Waals surface area contributed by atoms with Crippen molar-refractivity contribution in [1.29, 1.82) is 0 Å². The fourth-order valence-electron chi connectivity index (χ4n) is 0.477. The van der Waals surface area contributed by atoms with Gasteiger partial charge in [0.15, 0.2) is 0 Å². The summed E-state index contributed by atoms with van der Waals surface area (Å²) < 4.78 is 9.29. The second-order valence-electron chi connectivity index (χ2n) is 4.07. The predicted octanol–water partition coefficient (Wildman–Crippen LogP) is 4.30. The molecule has 0 aromatic rings. The van der Waals surface area contributed by atoms with E-state index in [-0.39, 0.29) is 18.4 Å². The average molecular weight is 273 g/mol. The third-order valence-electron chi connectivity index (χ3n) is 0.885. The van der Waals surface area contributed by atoms with Crippen molar-refractivity contribution >= 4 is 34.1 Å². The van der Waals surface area contributed by atoms with Gasteiger partial charge in [-0.3, -0.25) is 0 Å². The molecule has 0 aromatic carbocycles. The molecule has 0 aromatic heterocycles. The van der Waals surface area contributed by atoms with Gasteiger partial charge in [0.05, 0.1) is 6.10 Å². The van der Waals surface area contributed by atoms with E-state index in [1.165, 1.54) is 0 Å². The molecule has 0 aliphatic carbocycles. The minimum atomic E-state index is -0.741. The lowest BCUT2D eigenvalue weighted by molar-refractivity contribution is 0.0738. The molecule has 16 heavy (non-hydrogen) atoms. The minimum absolute atomic E-state index is 0. The highest BCUT2D eigenvalue weighted by Crippen LogP contribution is 2.11. The van der Waals surface area contributed by atoms with Crippen molar-refractivity contribution in [3.05, 3.63) is 0 Å². The number of ether oxygens (including phenoxy) is 2. The Kier molecular flexibility index (Phi) is 9.77. The lowest BCUT2D eigenvalue weighted by Gasteiger charge is -2.17. The Hall–Kier alpha value is -0.420. The average Bonchev–Trinajstić information content (AvgIpc) is 1.99. The lowest BCUT2D eigenvalue weighted by atomic mass is 10.2. The van der Waals surface area contributed by atoms with Crippen molar-refractivity contribution in [3.63, 3.8) is 0 Å². The number of thioether (sulfide) groups is 1. The Balaban J connectivity index is -0.000000224. The number of hydrogen-bond donors (Lipinski definition) is 0. The number of rotatable bonds is 1. The largest absolute Gasteiger partial charge is 0.452 e. The zero-order valence-electron chi connectivity index (χ0n) is 10.5. The third kappa shape index (κ3) is 19.2. The van der Waals surface area contributed by atoms with Crippen molar-refractivity contribution in [3.8, 4) is 0 Å². The highest BCUT2D eigenvalue weighted by Gasteiger charge is 2.14. The molecule has 98 valence electrons. The van der Waals surface area contributed by atoms with Crippen LogP contribution in [0.15, 0.2) is 0 Å². The van der Waals surface area contributed by atoms with Gasteiger partial charge in [0.1, 0.15) is 5.60 Å². The third-order valence-corrected chi connectivity index (χ3v) is 1.39. The van der Waals surface area contributed by atoms with Crippen LogP contribution in [0.3, 0.4) is 0 Å². The molecule has 0 saturated heterocycles. The van der Waals surface area contributed by atoms with Crippen LogP contribution in [0.2, 0.25) is 0 Å². The summed E-state index contributed by atoms with van der Waals surface area (Å²) in [6, 6.07) is 0. The van der Waals surface area contributed by atoms with Gasteiger partial charge in [-0.25, -0.2) is 9.59 Å². The molecule has 0 rings (SSSR count). The molecule has 0 saturated carbocycles. The van der Waals surface area contributed by atoms with E-state index in [4.69, 9.17) is 16.3 Å². The second kappa shape index (κ2) is 8.70. The summed E-state index contributed by atoms with van der Waals surface area (Å²) in [5.41, 5.74) is -1.09. The van der Waals surface area contributed by atoms with Crippen molar-refractivity contribution in [2.24, 2.45) is 0 Å². The van der Waals surface area contributed by atoms with Crippen molar-refractivity contribution in [2.75, 3.05) is 6.26 Å². The van der Waals surface area contributed by atoms with Gasteiger partial charge >= 0.3 is 10.7 Å². The fourth-order valence-corrected chi connectivity index (χ4v) is 0.988. The fraction of sp³-hybridized carbons (Fsp3) is 0.800. The van der Waals surface area contributed by atoms with Crippen molar-refractivity contribution in [1.82, 2.24) is 0 Å². The summed E-state index contributed by atoms with van der Waals surface area (Å²) in [6.07, 6.45) is 1.60. The van der Waals surface area contributed by atoms with E-state index in [1.807, 2.05) is 20.8 Å². The quantitative estimate of drug-likeness (QED) is 0.526. The van der Waals surface area contributed by atoms with Gasteiger partial charge in [-0.1, -0.05) is 0 Å². The molecular formula is C10H21ClO4S. The van der Waals surface area contributed by atoms with Crippen LogP contribution in [0.4, 0.5) is 9.59 Å². The molecule has 0 fully saturated rings. The first-order chi connectivity index (χ1) is 7.08. The van der Waals surface area contributed by atoms with Gasteiger partial charge < -0.3 is 9.47 Å². The predicted molar refractivity (Wildman–Crippen MR) is 69.3 cm³/mol. The molecule has 0 N–H and O–H groups in total. The van der Waals surface area contributed by atoms with Crippen molar-refractivity contribution < 1.29 is 20.5 Å². The van der Waals surface area contributed by atoms with Gasteiger partial charge in [0, 0.05) is 13.0 Å². The van der Waals surface area contributed by atoms with E-state index in [2.05, 4.69) is 4.74 Å². The van der Waals surface area contributed by atoms with Crippen LogP contribution >= 0.6 is 23.4 Å². The molecular weight excluding hydrogens is 252 g/mol. The summed E-state index contributed by atoms with van der Waals surface area (Å²) in [7, 11) is 0. The highest BCUT2D eigenvalue weighted by molar-refractivity contribution is 8.12. The number of halogens is 1.